The molecule has 1 aliphatic rings. The van der Waals surface area contributed by atoms with Gasteiger partial charge < -0.3 is 9.15 Å². The van der Waals surface area contributed by atoms with E-state index < -0.39 is 6.04 Å². The number of carbonyl (C=O) groups excluding carboxylic acids is 1. The average Bonchev–Trinajstić information content (AvgIpc) is 3.07. The number of aromatic nitrogens is 1. The second-order valence-corrected chi connectivity index (χ2v) is 7.95. The molecule has 0 bridgehead atoms. The topological polar surface area (TPSA) is 72.6 Å². The van der Waals surface area contributed by atoms with Crippen LogP contribution in [0.1, 0.15) is 45.8 Å². The fourth-order valence-corrected chi connectivity index (χ4v) is 4.23. The summed E-state index contributed by atoms with van der Waals surface area (Å²) in [6.45, 7) is 6.28. The minimum absolute atomic E-state index is 0.0569. The Morgan fingerprint density at radius 1 is 1.03 bits per heavy atom. The highest BCUT2D eigenvalue weighted by Gasteiger charge is 2.44. The normalized spacial score (nSPS) is 15.3. The van der Waals surface area contributed by atoms with E-state index in [2.05, 4.69) is 4.98 Å². The van der Waals surface area contributed by atoms with E-state index in [-0.39, 0.29) is 17.1 Å². The fraction of sp³-hybridized carbons (Fsp3) is 0.192. The van der Waals surface area contributed by atoms with Crippen molar-refractivity contribution < 1.29 is 13.9 Å². The molecule has 0 fully saturated rings. The Morgan fingerprint density at radius 2 is 1.84 bits per heavy atom. The second kappa shape index (κ2) is 7.64. The molecular formula is C26H22N2O4. The van der Waals surface area contributed by atoms with E-state index in [1.165, 1.54) is 0 Å². The van der Waals surface area contributed by atoms with Crippen molar-refractivity contribution in [2.45, 2.75) is 26.8 Å². The number of pyridine rings is 1. The molecule has 0 radical (unpaired) electrons. The standard InChI is InChI=1S/C26H22N2O4/c1-4-31-18-7-5-6-17(14-18)23-22-24(29)19-12-15(2)8-9-20(19)32-25(22)26(30)28(23)21-13-16(3)10-11-27-21/h5-14,23H,4H2,1-3H3. The Labute approximate surface area is 185 Å². The van der Waals surface area contributed by atoms with Gasteiger partial charge in [-0.3, -0.25) is 14.5 Å². The summed E-state index contributed by atoms with van der Waals surface area (Å²) in [5.74, 6) is 0.808. The summed E-state index contributed by atoms with van der Waals surface area (Å²) in [6, 6.07) is 15.9. The first-order valence-electron chi connectivity index (χ1n) is 10.5. The fourth-order valence-electron chi connectivity index (χ4n) is 4.23. The van der Waals surface area contributed by atoms with Crippen molar-refractivity contribution in [3.05, 3.63) is 99.0 Å². The smallest absolute Gasteiger partial charge is 0.296 e. The summed E-state index contributed by atoms with van der Waals surface area (Å²) < 4.78 is 11.7. The molecule has 1 unspecified atom stereocenters. The van der Waals surface area contributed by atoms with Gasteiger partial charge in [-0.15, -0.1) is 0 Å². The summed E-state index contributed by atoms with van der Waals surface area (Å²) in [7, 11) is 0. The molecule has 160 valence electrons. The molecule has 0 saturated carbocycles. The Kier molecular flexibility index (Phi) is 4.78. The number of amides is 1. The molecule has 0 saturated heterocycles. The lowest BCUT2D eigenvalue weighted by Gasteiger charge is -2.24. The predicted molar refractivity (Wildman–Crippen MR) is 122 cm³/mol. The molecule has 32 heavy (non-hydrogen) atoms. The van der Waals surface area contributed by atoms with Crippen LogP contribution in [0.4, 0.5) is 5.82 Å². The van der Waals surface area contributed by atoms with Crippen LogP contribution in [0.2, 0.25) is 0 Å². The van der Waals surface area contributed by atoms with Crippen LogP contribution in [0.3, 0.4) is 0 Å². The lowest BCUT2D eigenvalue weighted by Crippen LogP contribution is -2.30. The summed E-state index contributed by atoms with van der Waals surface area (Å²) in [5, 5.41) is 0.460. The van der Waals surface area contributed by atoms with Crippen LogP contribution in [-0.2, 0) is 0 Å². The van der Waals surface area contributed by atoms with E-state index in [4.69, 9.17) is 9.15 Å². The van der Waals surface area contributed by atoms with E-state index in [0.29, 0.717) is 34.7 Å². The van der Waals surface area contributed by atoms with Crippen molar-refractivity contribution in [3.8, 4) is 5.75 Å². The number of carbonyl (C=O) groups is 1. The van der Waals surface area contributed by atoms with Gasteiger partial charge in [0.05, 0.1) is 23.6 Å². The zero-order valence-corrected chi connectivity index (χ0v) is 18.1. The van der Waals surface area contributed by atoms with E-state index in [9.17, 15) is 9.59 Å². The molecule has 1 amide bonds. The van der Waals surface area contributed by atoms with Gasteiger partial charge in [0.15, 0.2) is 5.43 Å². The number of hydrogen-bond acceptors (Lipinski definition) is 5. The first-order chi connectivity index (χ1) is 15.5. The van der Waals surface area contributed by atoms with Crippen molar-refractivity contribution in [2.24, 2.45) is 0 Å². The molecule has 0 N–H and O–H groups in total. The molecule has 6 heteroatoms. The van der Waals surface area contributed by atoms with Crippen LogP contribution in [0, 0.1) is 13.8 Å². The Morgan fingerprint density at radius 3 is 2.62 bits per heavy atom. The second-order valence-electron chi connectivity index (χ2n) is 7.95. The zero-order chi connectivity index (χ0) is 22.4. The van der Waals surface area contributed by atoms with Crippen molar-refractivity contribution >= 4 is 22.7 Å². The number of anilines is 1. The summed E-state index contributed by atoms with van der Waals surface area (Å²) in [4.78, 5) is 33.2. The van der Waals surface area contributed by atoms with Gasteiger partial charge in [0, 0.05) is 6.20 Å². The maximum Gasteiger partial charge on any atom is 0.296 e. The van der Waals surface area contributed by atoms with E-state index in [0.717, 1.165) is 16.7 Å². The Bertz CT molecular complexity index is 1420. The van der Waals surface area contributed by atoms with Crippen molar-refractivity contribution in [1.82, 2.24) is 4.98 Å². The van der Waals surface area contributed by atoms with E-state index >= 15 is 0 Å². The van der Waals surface area contributed by atoms with Gasteiger partial charge in [-0.25, -0.2) is 4.98 Å². The van der Waals surface area contributed by atoms with Gasteiger partial charge in [-0.05, 0) is 68.3 Å². The van der Waals surface area contributed by atoms with Gasteiger partial charge in [0.25, 0.3) is 5.91 Å². The molecule has 4 aromatic rings. The SMILES string of the molecule is CCOc1cccc(C2c3c(oc4ccc(C)cc4c3=O)C(=O)N2c2cc(C)ccn2)c1. The van der Waals surface area contributed by atoms with Crippen molar-refractivity contribution in [2.75, 3.05) is 11.5 Å². The molecule has 6 nitrogen and oxygen atoms in total. The number of ether oxygens (including phenoxy) is 1. The minimum Gasteiger partial charge on any atom is -0.494 e. The maximum absolute atomic E-state index is 13.7. The van der Waals surface area contributed by atoms with Crippen LogP contribution in [0.25, 0.3) is 11.0 Å². The summed E-state index contributed by atoms with van der Waals surface area (Å²) in [6.07, 6.45) is 1.66. The van der Waals surface area contributed by atoms with Gasteiger partial charge in [0.1, 0.15) is 17.2 Å². The average molecular weight is 426 g/mol. The number of aryl methyl sites for hydroxylation is 2. The van der Waals surface area contributed by atoms with E-state index in [1.54, 1.807) is 23.2 Å². The number of nitrogens with zero attached hydrogens (tertiary/aromatic N) is 2. The third kappa shape index (κ3) is 3.15. The van der Waals surface area contributed by atoms with Crippen LogP contribution in [0.15, 0.2) is 70.0 Å². The molecule has 0 spiro atoms. The molecule has 1 aliphatic heterocycles. The largest absolute Gasteiger partial charge is 0.494 e. The summed E-state index contributed by atoms with van der Waals surface area (Å²) >= 11 is 0. The highest BCUT2D eigenvalue weighted by atomic mass is 16.5. The number of fused-ring (bicyclic) bond motifs is 2. The summed E-state index contributed by atoms with van der Waals surface area (Å²) in [5.41, 5.74) is 3.17. The Balaban J connectivity index is 1.80. The number of hydrogen-bond donors (Lipinski definition) is 0. The van der Waals surface area contributed by atoms with Gasteiger partial charge in [0.2, 0.25) is 5.76 Å². The zero-order valence-electron chi connectivity index (χ0n) is 18.1. The number of benzene rings is 2. The van der Waals surface area contributed by atoms with Crippen LogP contribution in [-0.4, -0.2) is 17.5 Å². The highest BCUT2D eigenvalue weighted by Crippen LogP contribution is 2.41. The third-order valence-electron chi connectivity index (χ3n) is 5.66. The van der Waals surface area contributed by atoms with Gasteiger partial charge in [-0.1, -0.05) is 23.8 Å². The van der Waals surface area contributed by atoms with Crippen LogP contribution < -0.4 is 15.1 Å². The minimum atomic E-state index is -0.673. The first-order valence-corrected chi connectivity index (χ1v) is 10.5. The Hall–Kier alpha value is -3.93. The predicted octanol–water partition coefficient (Wildman–Crippen LogP) is 4.95. The molecule has 2 aromatic carbocycles. The maximum atomic E-state index is 13.7. The molecule has 2 aromatic heterocycles. The van der Waals surface area contributed by atoms with Gasteiger partial charge >= 0.3 is 0 Å². The third-order valence-corrected chi connectivity index (χ3v) is 5.66. The number of rotatable bonds is 4. The first kappa shape index (κ1) is 20.0. The molecular weight excluding hydrogens is 404 g/mol. The highest BCUT2D eigenvalue weighted by molar-refractivity contribution is 6.10. The monoisotopic (exact) mass is 426 g/mol. The van der Waals surface area contributed by atoms with Crippen molar-refractivity contribution in [3.63, 3.8) is 0 Å². The quantitative estimate of drug-likeness (QED) is 0.462. The van der Waals surface area contributed by atoms with Crippen LogP contribution >= 0.6 is 0 Å². The molecule has 0 aliphatic carbocycles. The molecule has 1 atom stereocenters. The molecule has 5 rings (SSSR count). The molecule has 3 heterocycles. The van der Waals surface area contributed by atoms with E-state index in [1.807, 2.05) is 63.2 Å². The lowest BCUT2D eigenvalue weighted by molar-refractivity contribution is 0.0970. The van der Waals surface area contributed by atoms with Crippen LogP contribution in [0.5, 0.6) is 5.75 Å². The lowest BCUT2D eigenvalue weighted by atomic mass is 9.98. The van der Waals surface area contributed by atoms with Gasteiger partial charge in [-0.2, -0.15) is 0 Å². The van der Waals surface area contributed by atoms with Crippen molar-refractivity contribution in [1.29, 1.82) is 0 Å².